The molecule has 1 aliphatic rings. The number of hydrogen-bond acceptors (Lipinski definition) is 2. The molecular formula is C19H18F2N2O2. The molecule has 0 saturated carbocycles. The van der Waals surface area contributed by atoms with Crippen molar-refractivity contribution in [3.8, 4) is 0 Å². The van der Waals surface area contributed by atoms with Crippen LogP contribution in [-0.4, -0.2) is 11.8 Å². The van der Waals surface area contributed by atoms with E-state index in [9.17, 15) is 18.4 Å². The molecule has 0 spiro atoms. The van der Waals surface area contributed by atoms with E-state index in [-0.39, 0.29) is 23.9 Å². The molecule has 2 N–H and O–H groups in total. The lowest BCUT2D eigenvalue weighted by atomic mass is 9.97. The van der Waals surface area contributed by atoms with Crippen LogP contribution in [-0.2, 0) is 22.4 Å². The fraction of sp³-hybridized carbons (Fsp3) is 0.263. The van der Waals surface area contributed by atoms with Gasteiger partial charge in [0.2, 0.25) is 11.8 Å². The van der Waals surface area contributed by atoms with E-state index >= 15 is 0 Å². The van der Waals surface area contributed by atoms with Crippen molar-refractivity contribution in [1.29, 1.82) is 0 Å². The number of anilines is 1. The summed E-state index contributed by atoms with van der Waals surface area (Å²) in [6.07, 6.45) is 0.726. The standard InChI is InChI=1S/C19H18F2N2O2/c1-11(12-5-7-17-13(9-12)6-8-18(24)23-17)22-19(25)10-14-15(20)3-2-4-16(14)21/h2-5,7,9,11H,6,8,10H2,1H3,(H,22,25)(H,23,24)/t11-/m1/s1. The Balaban J connectivity index is 1.69. The van der Waals surface area contributed by atoms with Crippen LogP contribution < -0.4 is 10.6 Å². The van der Waals surface area contributed by atoms with E-state index in [1.165, 1.54) is 6.07 Å². The number of aryl methyl sites for hydroxylation is 1. The molecular weight excluding hydrogens is 326 g/mol. The lowest BCUT2D eigenvalue weighted by molar-refractivity contribution is -0.121. The first-order valence-electron chi connectivity index (χ1n) is 8.09. The summed E-state index contributed by atoms with van der Waals surface area (Å²) in [4.78, 5) is 23.5. The molecule has 1 heterocycles. The molecule has 0 bridgehead atoms. The summed E-state index contributed by atoms with van der Waals surface area (Å²) in [5.41, 5.74) is 2.43. The molecule has 0 fully saturated rings. The molecule has 1 aliphatic heterocycles. The summed E-state index contributed by atoms with van der Waals surface area (Å²) < 4.78 is 27.3. The Morgan fingerprint density at radius 1 is 1.20 bits per heavy atom. The Morgan fingerprint density at radius 2 is 1.92 bits per heavy atom. The molecule has 0 saturated heterocycles. The Labute approximate surface area is 144 Å². The first kappa shape index (κ1) is 17.1. The Bertz CT molecular complexity index is 816. The lowest BCUT2D eigenvalue weighted by Crippen LogP contribution is -2.29. The van der Waals surface area contributed by atoms with Gasteiger partial charge in [0, 0.05) is 17.7 Å². The second-order valence-corrected chi connectivity index (χ2v) is 6.13. The number of rotatable bonds is 4. The van der Waals surface area contributed by atoms with Crippen LogP contribution in [0, 0.1) is 11.6 Å². The van der Waals surface area contributed by atoms with E-state index in [1.54, 1.807) is 13.0 Å². The average Bonchev–Trinajstić information content (AvgIpc) is 2.57. The predicted octanol–water partition coefficient (Wildman–Crippen LogP) is 3.27. The Hall–Kier alpha value is -2.76. The molecule has 6 heteroatoms. The second-order valence-electron chi connectivity index (χ2n) is 6.13. The monoisotopic (exact) mass is 344 g/mol. The maximum absolute atomic E-state index is 13.6. The van der Waals surface area contributed by atoms with Gasteiger partial charge >= 0.3 is 0 Å². The molecule has 2 aromatic carbocycles. The van der Waals surface area contributed by atoms with Gasteiger partial charge in [-0.05, 0) is 42.7 Å². The van der Waals surface area contributed by atoms with Crippen LogP contribution in [0.5, 0.6) is 0 Å². The number of amides is 2. The van der Waals surface area contributed by atoms with Gasteiger partial charge in [-0.25, -0.2) is 8.78 Å². The van der Waals surface area contributed by atoms with Crippen molar-refractivity contribution in [3.63, 3.8) is 0 Å². The first-order chi connectivity index (χ1) is 11.9. The summed E-state index contributed by atoms with van der Waals surface area (Å²) in [7, 11) is 0. The second kappa shape index (κ2) is 7.01. The van der Waals surface area contributed by atoms with Crippen molar-refractivity contribution in [3.05, 3.63) is 64.7 Å². The van der Waals surface area contributed by atoms with Crippen LogP contribution in [0.15, 0.2) is 36.4 Å². The van der Waals surface area contributed by atoms with Gasteiger partial charge in [0.05, 0.1) is 12.5 Å². The van der Waals surface area contributed by atoms with Crippen LogP contribution in [0.3, 0.4) is 0 Å². The normalized spacial score (nSPS) is 14.4. The molecule has 4 nitrogen and oxygen atoms in total. The van der Waals surface area contributed by atoms with Gasteiger partial charge in [-0.3, -0.25) is 9.59 Å². The van der Waals surface area contributed by atoms with Crippen molar-refractivity contribution >= 4 is 17.5 Å². The molecule has 0 unspecified atom stereocenters. The van der Waals surface area contributed by atoms with E-state index < -0.39 is 17.5 Å². The molecule has 130 valence electrons. The zero-order chi connectivity index (χ0) is 18.0. The maximum Gasteiger partial charge on any atom is 0.225 e. The Kier molecular flexibility index (Phi) is 4.79. The van der Waals surface area contributed by atoms with Crippen LogP contribution in [0.2, 0.25) is 0 Å². The molecule has 0 aliphatic carbocycles. The summed E-state index contributed by atoms with van der Waals surface area (Å²) in [6, 6.07) is 8.77. The zero-order valence-electron chi connectivity index (χ0n) is 13.7. The summed E-state index contributed by atoms with van der Waals surface area (Å²) >= 11 is 0. The first-order valence-corrected chi connectivity index (χ1v) is 8.09. The summed E-state index contributed by atoms with van der Waals surface area (Å²) in [5.74, 6) is -1.92. The van der Waals surface area contributed by atoms with Crippen molar-refractivity contribution in [2.24, 2.45) is 0 Å². The number of halogens is 2. The van der Waals surface area contributed by atoms with Crippen molar-refractivity contribution in [2.45, 2.75) is 32.2 Å². The van der Waals surface area contributed by atoms with E-state index in [1.807, 2.05) is 12.1 Å². The van der Waals surface area contributed by atoms with E-state index in [2.05, 4.69) is 10.6 Å². The van der Waals surface area contributed by atoms with Crippen LogP contribution >= 0.6 is 0 Å². The van der Waals surface area contributed by atoms with Crippen LogP contribution in [0.1, 0.15) is 36.1 Å². The van der Waals surface area contributed by atoms with E-state index in [4.69, 9.17) is 0 Å². The molecule has 1 atom stereocenters. The van der Waals surface area contributed by atoms with Gasteiger partial charge in [0.1, 0.15) is 11.6 Å². The predicted molar refractivity (Wildman–Crippen MR) is 90.0 cm³/mol. The van der Waals surface area contributed by atoms with Gasteiger partial charge in [0.15, 0.2) is 0 Å². The summed E-state index contributed by atoms with van der Waals surface area (Å²) in [5, 5.41) is 5.56. The van der Waals surface area contributed by atoms with Crippen LogP contribution in [0.25, 0.3) is 0 Å². The molecule has 25 heavy (non-hydrogen) atoms. The van der Waals surface area contributed by atoms with Gasteiger partial charge in [-0.15, -0.1) is 0 Å². The van der Waals surface area contributed by atoms with Gasteiger partial charge in [0.25, 0.3) is 0 Å². The lowest BCUT2D eigenvalue weighted by Gasteiger charge is -2.20. The minimum absolute atomic E-state index is 0.00600. The number of benzene rings is 2. The quantitative estimate of drug-likeness (QED) is 0.894. The number of nitrogens with one attached hydrogen (secondary N) is 2. The largest absolute Gasteiger partial charge is 0.349 e. The highest BCUT2D eigenvalue weighted by Crippen LogP contribution is 2.26. The number of carbonyl (C=O) groups is 2. The highest BCUT2D eigenvalue weighted by atomic mass is 19.1. The molecule has 2 amide bonds. The molecule has 0 aromatic heterocycles. The van der Waals surface area contributed by atoms with Crippen LogP contribution in [0.4, 0.5) is 14.5 Å². The number of hydrogen-bond donors (Lipinski definition) is 2. The highest BCUT2D eigenvalue weighted by molar-refractivity contribution is 5.93. The third-order valence-electron chi connectivity index (χ3n) is 4.30. The van der Waals surface area contributed by atoms with Crippen molar-refractivity contribution in [1.82, 2.24) is 5.32 Å². The third-order valence-corrected chi connectivity index (χ3v) is 4.30. The van der Waals surface area contributed by atoms with E-state index in [0.717, 1.165) is 28.9 Å². The third kappa shape index (κ3) is 3.84. The minimum atomic E-state index is -0.729. The number of fused-ring (bicyclic) bond motifs is 1. The van der Waals surface area contributed by atoms with Gasteiger partial charge in [-0.2, -0.15) is 0 Å². The minimum Gasteiger partial charge on any atom is -0.349 e. The van der Waals surface area contributed by atoms with E-state index in [0.29, 0.717) is 12.8 Å². The topological polar surface area (TPSA) is 58.2 Å². The summed E-state index contributed by atoms with van der Waals surface area (Å²) in [6.45, 7) is 1.80. The SMILES string of the molecule is C[C@@H](NC(=O)Cc1c(F)cccc1F)c1ccc2c(c1)CCC(=O)N2. The fourth-order valence-electron chi connectivity index (χ4n) is 2.91. The molecule has 3 rings (SSSR count). The smallest absolute Gasteiger partial charge is 0.225 e. The van der Waals surface area contributed by atoms with Crippen molar-refractivity contribution < 1.29 is 18.4 Å². The number of carbonyl (C=O) groups excluding carboxylic acids is 2. The molecule has 0 radical (unpaired) electrons. The highest BCUT2D eigenvalue weighted by Gasteiger charge is 2.18. The van der Waals surface area contributed by atoms with Gasteiger partial charge in [-0.1, -0.05) is 18.2 Å². The maximum atomic E-state index is 13.6. The molecule has 2 aromatic rings. The fourth-order valence-corrected chi connectivity index (χ4v) is 2.91. The average molecular weight is 344 g/mol. The van der Waals surface area contributed by atoms with Crippen molar-refractivity contribution in [2.75, 3.05) is 5.32 Å². The Morgan fingerprint density at radius 3 is 2.64 bits per heavy atom. The van der Waals surface area contributed by atoms with Gasteiger partial charge < -0.3 is 10.6 Å². The zero-order valence-corrected chi connectivity index (χ0v) is 13.7.